The molecule has 0 aromatic heterocycles. The third-order valence-electron chi connectivity index (χ3n) is 5.71. The molecule has 0 amide bonds. The molecule has 0 fully saturated rings. The van der Waals surface area contributed by atoms with Crippen molar-refractivity contribution >= 4 is 30.7 Å². The summed E-state index contributed by atoms with van der Waals surface area (Å²) in [7, 11) is 1.00. The van der Waals surface area contributed by atoms with Crippen LogP contribution in [0.4, 0.5) is 0 Å². The first kappa shape index (κ1) is 31.4. The van der Waals surface area contributed by atoms with Crippen molar-refractivity contribution < 1.29 is 29.2 Å². The molecule has 0 radical (unpaired) electrons. The van der Waals surface area contributed by atoms with E-state index in [0.29, 0.717) is 36.8 Å². The summed E-state index contributed by atoms with van der Waals surface area (Å²) in [5, 5.41) is 23.9. The van der Waals surface area contributed by atoms with Crippen molar-refractivity contribution in [2.24, 2.45) is 4.40 Å². The highest BCUT2D eigenvalue weighted by atomic mass is 32.1. The lowest BCUT2D eigenvalue weighted by Gasteiger charge is -2.17. The van der Waals surface area contributed by atoms with E-state index in [4.69, 9.17) is 24.7 Å². The number of thiol groups is 1. The van der Waals surface area contributed by atoms with Crippen molar-refractivity contribution in [2.75, 3.05) is 20.3 Å². The van der Waals surface area contributed by atoms with E-state index in [0.717, 1.165) is 54.6 Å². The van der Waals surface area contributed by atoms with Gasteiger partial charge in [-0.15, -0.1) is 0 Å². The number of ether oxygens (including phenoxy) is 3. The van der Waals surface area contributed by atoms with Crippen LogP contribution in [0.1, 0.15) is 53.7 Å². The molecule has 0 aliphatic heterocycles. The van der Waals surface area contributed by atoms with E-state index in [1.807, 2.05) is 36.4 Å². The summed E-state index contributed by atoms with van der Waals surface area (Å²) in [5.41, 5.74) is 3.38. The largest absolute Gasteiger partial charge is 0.493 e. The van der Waals surface area contributed by atoms with E-state index in [9.17, 15) is 9.90 Å². The number of aliphatic hydroxyl groups is 1. The number of benzene rings is 3. The Balaban J connectivity index is 0.00000260. The minimum atomic E-state index is -1.04. The van der Waals surface area contributed by atoms with Crippen molar-refractivity contribution in [1.82, 2.24) is 0 Å². The molecule has 3 N–H and O–H groups in total. The monoisotopic (exact) mass is 552 g/mol. The van der Waals surface area contributed by atoms with Gasteiger partial charge in [0.1, 0.15) is 28.6 Å². The molecule has 39 heavy (non-hydrogen) atoms. The molecule has 9 heteroatoms. The van der Waals surface area contributed by atoms with Crippen molar-refractivity contribution in [3.63, 3.8) is 0 Å². The average Bonchev–Trinajstić information content (AvgIpc) is 2.96. The summed E-state index contributed by atoms with van der Waals surface area (Å²) in [6, 6.07) is 17.9. The molecule has 0 bridgehead atoms. The Morgan fingerprint density at radius 2 is 1.62 bits per heavy atom. The molecule has 0 aliphatic carbocycles. The molecule has 208 valence electrons. The Morgan fingerprint density at radius 1 is 0.949 bits per heavy atom. The van der Waals surface area contributed by atoms with Gasteiger partial charge in [-0.2, -0.15) is 0 Å². The second kappa shape index (κ2) is 16.9. The summed E-state index contributed by atoms with van der Waals surface area (Å²) in [4.78, 5) is 11.6. The van der Waals surface area contributed by atoms with Gasteiger partial charge in [-0.1, -0.05) is 38.5 Å². The van der Waals surface area contributed by atoms with E-state index < -0.39 is 5.97 Å². The fourth-order valence-corrected chi connectivity index (χ4v) is 4.05. The van der Waals surface area contributed by atoms with E-state index in [1.165, 1.54) is 12.3 Å². The number of aromatic carboxylic acids is 1. The Hall–Kier alpha value is -3.82. The van der Waals surface area contributed by atoms with Crippen LogP contribution in [0.15, 0.2) is 65.1 Å². The smallest absolute Gasteiger partial charge is 0.339 e. The zero-order valence-corrected chi connectivity index (χ0v) is 23.4. The number of aliphatic hydroxyl groups excluding tert-OH is 1. The molecule has 0 unspecified atom stereocenters. The molecule has 3 aromatic rings. The second-order valence-electron chi connectivity index (χ2n) is 8.24. The summed E-state index contributed by atoms with van der Waals surface area (Å²) >= 11 is 3.93. The van der Waals surface area contributed by atoms with Crippen LogP contribution in [0.25, 0.3) is 0 Å². The molecule has 0 saturated heterocycles. The maximum atomic E-state index is 11.6. The van der Waals surface area contributed by atoms with Crippen LogP contribution in [0.2, 0.25) is 0 Å². The van der Waals surface area contributed by atoms with E-state index >= 15 is 0 Å². The van der Waals surface area contributed by atoms with Crippen molar-refractivity contribution in [3.8, 4) is 23.0 Å². The Morgan fingerprint density at radius 3 is 2.26 bits per heavy atom. The van der Waals surface area contributed by atoms with Gasteiger partial charge in [0.15, 0.2) is 0 Å². The highest BCUT2D eigenvalue weighted by Crippen LogP contribution is 2.34. The van der Waals surface area contributed by atoms with E-state index in [-0.39, 0.29) is 5.56 Å². The Bertz CT molecular complexity index is 1260. The quantitative estimate of drug-likeness (QED) is 0.104. The Kier molecular flexibility index (Phi) is 13.6. The van der Waals surface area contributed by atoms with Gasteiger partial charge in [0.25, 0.3) is 0 Å². The van der Waals surface area contributed by atoms with Crippen LogP contribution >= 0.6 is 12.8 Å². The molecule has 0 atom stereocenters. The topological polar surface area (TPSA) is 121 Å². The van der Waals surface area contributed by atoms with Gasteiger partial charge in [-0.3, -0.25) is 0 Å². The highest BCUT2D eigenvalue weighted by molar-refractivity contribution is 7.79. The first-order chi connectivity index (χ1) is 19.0. The van der Waals surface area contributed by atoms with Crippen LogP contribution in [-0.2, 0) is 12.8 Å². The molecule has 0 aliphatic rings. The first-order valence-electron chi connectivity index (χ1n) is 12.7. The summed E-state index contributed by atoms with van der Waals surface area (Å²) < 4.78 is 22.0. The van der Waals surface area contributed by atoms with Crippen molar-refractivity contribution in [3.05, 3.63) is 82.9 Å². The number of carboxylic acid groups (broad SMARTS) is 1. The minimum Gasteiger partial charge on any atom is -0.493 e. The number of carbonyl (C=O) groups is 1. The molecular weight excluding hydrogens is 516 g/mol. The van der Waals surface area contributed by atoms with Gasteiger partial charge in [-0.25, -0.2) is 9.19 Å². The number of carboxylic acids is 1. The Labute approximate surface area is 235 Å². The van der Waals surface area contributed by atoms with E-state index in [2.05, 4.69) is 31.1 Å². The number of rotatable bonds is 14. The molecule has 3 rings (SSSR count). The zero-order chi connectivity index (χ0) is 28.6. The summed E-state index contributed by atoms with van der Waals surface area (Å²) in [5.74, 6) is 1.37. The predicted octanol–water partition coefficient (Wildman–Crippen LogP) is 6.43. The van der Waals surface area contributed by atoms with Gasteiger partial charge in [0, 0.05) is 30.9 Å². The summed E-state index contributed by atoms with van der Waals surface area (Å²) in [6.45, 7) is 5.06. The normalized spacial score (nSPS) is 10.7. The lowest BCUT2D eigenvalue weighted by Crippen LogP contribution is -2.08. The number of nitrogens with one attached hydrogen (secondary N) is 1. The maximum Gasteiger partial charge on any atom is 0.339 e. The predicted molar refractivity (Wildman–Crippen MR) is 158 cm³/mol. The zero-order valence-electron chi connectivity index (χ0n) is 22.5. The average molecular weight is 553 g/mol. The fraction of sp³-hybridized carbons (Fsp3) is 0.300. The van der Waals surface area contributed by atoms with Gasteiger partial charge in [0.05, 0.1) is 18.9 Å². The van der Waals surface area contributed by atoms with Crippen LogP contribution in [0, 0.1) is 5.41 Å². The van der Waals surface area contributed by atoms with Crippen LogP contribution < -0.4 is 14.2 Å². The third-order valence-corrected chi connectivity index (χ3v) is 5.93. The third kappa shape index (κ3) is 8.87. The van der Waals surface area contributed by atoms with E-state index in [1.54, 1.807) is 18.2 Å². The molecule has 3 aromatic carbocycles. The van der Waals surface area contributed by atoms with Crippen LogP contribution in [0.3, 0.4) is 0 Å². The second-order valence-corrected chi connectivity index (χ2v) is 8.44. The maximum absolute atomic E-state index is 11.6. The lowest BCUT2D eigenvalue weighted by molar-refractivity contribution is 0.0694. The van der Waals surface area contributed by atoms with Gasteiger partial charge < -0.3 is 29.8 Å². The first-order valence-corrected chi connectivity index (χ1v) is 13.1. The SMILES string of the molecule is CCCc1c(OCCCOc2ccc(/C(C=N)=N/S)cc2CC)cccc1Oc1ccccc1C(=O)O.CO. The molecular formula is C30H36N2O6S. The van der Waals surface area contributed by atoms with Crippen LogP contribution in [-0.4, -0.2) is 48.4 Å². The minimum absolute atomic E-state index is 0.111. The molecule has 0 saturated carbocycles. The van der Waals surface area contributed by atoms with Crippen LogP contribution in [0.5, 0.6) is 23.0 Å². The number of hydrogen-bond acceptors (Lipinski definition) is 8. The standard InChI is InChI=1S/C29H32N2O5S.CH4O/c1-3-9-22-26(12-7-13-27(22)36-28-11-6-5-10-23(28)29(32)33)35-17-8-16-34-25-15-14-21(18-20(25)4-2)24(19-30)31-37;1-2/h5-7,10-15,18-19,30,37H,3-4,8-9,16-17H2,1-2H3,(H,32,33);2H,1H3/b30-19?,31-24+;. The van der Waals surface area contributed by atoms with Gasteiger partial charge in [0.2, 0.25) is 0 Å². The van der Waals surface area contributed by atoms with Gasteiger partial charge >= 0.3 is 5.97 Å². The lowest BCUT2D eigenvalue weighted by atomic mass is 10.0. The molecule has 0 heterocycles. The molecule has 8 nitrogen and oxygen atoms in total. The highest BCUT2D eigenvalue weighted by Gasteiger charge is 2.15. The molecule has 0 spiro atoms. The van der Waals surface area contributed by atoms with Gasteiger partial charge in [-0.05, 0) is 73.7 Å². The number of nitrogens with zero attached hydrogens (tertiary/aromatic N) is 1. The van der Waals surface area contributed by atoms with Crippen molar-refractivity contribution in [1.29, 1.82) is 5.41 Å². The number of aryl methyl sites for hydroxylation is 1. The fourth-order valence-electron chi connectivity index (χ4n) is 3.87. The van der Waals surface area contributed by atoms with Crippen molar-refractivity contribution in [2.45, 2.75) is 39.5 Å². The number of hydrogen-bond donors (Lipinski definition) is 4. The summed E-state index contributed by atoms with van der Waals surface area (Å²) in [6.07, 6.45) is 4.25. The number of para-hydroxylation sites is 1.